The third-order valence-electron chi connectivity index (χ3n) is 2.11. The molecule has 0 heterocycles. The van der Waals surface area contributed by atoms with E-state index in [0.717, 1.165) is 5.92 Å². The van der Waals surface area contributed by atoms with E-state index >= 15 is 0 Å². The summed E-state index contributed by atoms with van der Waals surface area (Å²) in [6.07, 6.45) is 1.29. The fourth-order valence-electron chi connectivity index (χ4n) is 1.51. The number of hydrogen-bond donors (Lipinski definition) is 0. The van der Waals surface area contributed by atoms with Crippen LogP contribution in [0.25, 0.3) is 0 Å². The summed E-state index contributed by atoms with van der Waals surface area (Å²) in [6, 6.07) is 8.68. The normalized spacial score (nSPS) is 19.0. The highest BCUT2D eigenvalue weighted by atomic mass is 14.2. The maximum Gasteiger partial charge on any atom is -0.0147 e. The van der Waals surface area contributed by atoms with E-state index in [1.165, 1.54) is 6.42 Å². The van der Waals surface area contributed by atoms with E-state index < -0.39 is 0 Å². The van der Waals surface area contributed by atoms with E-state index in [4.69, 9.17) is 0 Å². The van der Waals surface area contributed by atoms with Gasteiger partial charge in [0.2, 0.25) is 0 Å². The summed E-state index contributed by atoms with van der Waals surface area (Å²) in [5.74, 6) is 0.821. The zero-order valence-electron chi connectivity index (χ0n) is 7.59. The van der Waals surface area contributed by atoms with Crippen LogP contribution in [0, 0.1) is 0 Å². The van der Waals surface area contributed by atoms with Gasteiger partial charge >= 0.3 is 0 Å². The van der Waals surface area contributed by atoms with Gasteiger partial charge in [-0.05, 0) is 23.5 Å². The minimum Gasteiger partial charge on any atom is -0.0683 e. The van der Waals surface area contributed by atoms with Gasteiger partial charge in [0.25, 0.3) is 0 Å². The van der Waals surface area contributed by atoms with Gasteiger partial charge in [-0.2, -0.15) is 0 Å². The molecular weight excluding hydrogens is 132 g/mol. The molecule has 1 aliphatic rings. The van der Waals surface area contributed by atoms with Crippen molar-refractivity contribution in [3.05, 3.63) is 35.4 Å². The molecule has 0 nitrogen and oxygen atoms in total. The van der Waals surface area contributed by atoms with Crippen LogP contribution in [0.1, 0.15) is 37.8 Å². The summed E-state index contributed by atoms with van der Waals surface area (Å²) in [7, 11) is 0. The number of hydrogen-bond acceptors (Lipinski definition) is 0. The summed E-state index contributed by atoms with van der Waals surface area (Å²) in [5, 5.41) is 0. The van der Waals surface area contributed by atoms with Gasteiger partial charge in [-0.25, -0.2) is 0 Å². The molecule has 0 amide bonds. The Morgan fingerprint density at radius 2 is 1.82 bits per heavy atom. The van der Waals surface area contributed by atoms with Crippen LogP contribution in [0.3, 0.4) is 0 Å². The molecule has 1 aromatic rings. The molecule has 1 atom stereocenters. The predicted octanol–water partition coefficient (Wildman–Crippen LogP) is 3.37. The van der Waals surface area contributed by atoms with E-state index in [-0.39, 0.29) is 0 Å². The molecule has 1 aliphatic carbocycles. The molecule has 0 bridgehead atoms. The summed E-state index contributed by atoms with van der Waals surface area (Å²) in [5.41, 5.74) is 3.10. The number of fused-ring (bicyclic) bond motifs is 1. The highest BCUT2D eigenvalue weighted by Gasteiger charge is 2.19. The minimum atomic E-state index is 0.821. The SMILES string of the molecule is CC.CC1Cc2ccccc21. The molecule has 0 heteroatoms. The molecule has 0 saturated carbocycles. The van der Waals surface area contributed by atoms with Crippen molar-refractivity contribution < 1.29 is 0 Å². The Balaban J connectivity index is 0.000000281. The monoisotopic (exact) mass is 148 g/mol. The van der Waals surface area contributed by atoms with Gasteiger partial charge < -0.3 is 0 Å². The van der Waals surface area contributed by atoms with Crippen molar-refractivity contribution >= 4 is 0 Å². The molecule has 1 unspecified atom stereocenters. The molecular formula is C11H16. The molecule has 0 spiro atoms. The van der Waals surface area contributed by atoms with Gasteiger partial charge in [0, 0.05) is 0 Å². The third kappa shape index (κ3) is 1.45. The van der Waals surface area contributed by atoms with Gasteiger partial charge in [-0.3, -0.25) is 0 Å². The van der Waals surface area contributed by atoms with Crippen LogP contribution >= 0.6 is 0 Å². The van der Waals surface area contributed by atoms with Crippen molar-refractivity contribution in [1.29, 1.82) is 0 Å². The Bertz CT molecular complexity index is 225. The van der Waals surface area contributed by atoms with Gasteiger partial charge in [-0.1, -0.05) is 45.0 Å². The molecule has 0 radical (unpaired) electrons. The van der Waals surface area contributed by atoms with Gasteiger partial charge in [0.05, 0.1) is 0 Å². The molecule has 0 fully saturated rings. The molecule has 1 aromatic carbocycles. The lowest BCUT2D eigenvalue weighted by atomic mass is 9.79. The van der Waals surface area contributed by atoms with Crippen LogP contribution in [-0.2, 0) is 6.42 Å². The minimum absolute atomic E-state index is 0.821. The first-order valence-electron chi connectivity index (χ1n) is 4.46. The summed E-state index contributed by atoms with van der Waals surface area (Å²) >= 11 is 0. The van der Waals surface area contributed by atoms with Crippen LogP contribution in [0.15, 0.2) is 24.3 Å². The Morgan fingerprint density at radius 1 is 1.18 bits per heavy atom. The Kier molecular flexibility index (Phi) is 2.70. The second-order valence-corrected chi connectivity index (χ2v) is 2.80. The second kappa shape index (κ2) is 3.56. The fourth-order valence-corrected chi connectivity index (χ4v) is 1.51. The summed E-state index contributed by atoms with van der Waals surface area (Å²) in [4.78, 5) is 0. The highest BCUT2D eigenvalue weighted by molar-refractivity contribution is 5.38. The summed E-state index contributed by atoms with van der Waals surface area (Å²) in [6.45, 7) is 6.28. The quantitative estimate of drug-likeness (QED) is 0.529. The van der Waals surface area contributed by atoms with Crippen LogP contribution in [0.5, 0.6) is 0 Å². The average Bonchev–Trinajstić information content (AvgIpc) is 2.07. The lowest BCUT2D eigenvalue weighted by molar-refractivity contribution is 0.667. The maximum atomic E-state index is 2.28. The van der Waals surface area contributed by atoms with E-state index in [9.17, 15) is 0 Å². The van der Waals surface area contributed by atoms with Crippen molar-refractivity contribution in [2.24, 2.45) is 0 Å². The van der Waals surface area contributed by atoms with E-state index in [1.54, 1.807) is 11.1 Å². The van der Waals surface area contributed by atoms with Crippen molar-refractivity contribution in [2.45, 2.75) is 33.1 Å². The average molecular weight is 148 g/mol. The van der Waals surface area contributed by atoms with Crippen molar-refractivity contribution in [3.63, 3.8) is 0 Å². The standard InChI is InChI=1S/C9H10.C2H6/c1-7-6-8-4-2-3-5-9(7)8;1-2/h2-5,7H,6H2,1H3;1-2H3. The van der Waals surface area contributed by atoms with E-state index in [2.05, 4.69) is 31.2 Å². The molecule has 11 heavy (non-hydrogen) atoms. The van der Waals surface area contributed by atoms with Crippen LogP contribution in [0.2, 0.25) is 0 Å². The van der Waals surface area contributed by atoms with Crippen LogP contribution < -0.4 is 0 Å². The third-order valence-corrected chi connectivity index (χ3v) is 2.11. The smallest absolute Gasteiger partial charge is 0.0147 e. The maximum absolute atomic E-state index is 2.28. The number of benzene rings is 1. The van der Waals surface area contributed by atoms with Crippen molar-refractivity contribution in [1.82, 2.24) is 0 Å². The largest absolute Gasteiger partial charge is 0.0683 e. The zero-order valence-corrected chi connectivity index (χ0v) is 7.59. The first kappa shape index (κ1) is 8.32. The van der Waals surface area contributed by atoms with Crippen LogP contribution in [0.4, 0.5) is 0 Å². The Hall–Kier alpha value is -0.780. The van der Waals surface area contributed by atoms with Gasteiger partial charge in [0.1, 0.15) is 0 Å². The predicted molar refractivity (Wildman–Crippen MR) is 49.9 cm³/mol. The number of rotatable bonds is 0. The van der Waals surface area contributed by atoms with E-state index in [0.29, 0.717) is 0 Å². The first-order chi connectivity index (χ1) is 5.38. The topological polar surface area (TPSA) is 0 Å². The molecule has 2 rings (SSSR count). The molecule has 0 saturated heterocycles. The molecule has 0 aromatic heterocycles. The highest BCUT2D eigenvalue weighted by Crippen LogP contribution is 2.33. The molecule has 0 N–H and O–H groups in total. The van der Waals surface area contributed by atoms with Crippen molar-refractivity contribution in [3.8, 4) is 0 Å². The molecule has 60 valence electrons. The van der Waals surface area contributed by atoms with Crippen molar-refractivity contribution in [2.75, 3.05) is 0 Å². The zero-order chi connectivity index (χ0) is 8.27. The molecule has 0 aliphatic heterocycles. The Morgan fingerprint density at radius 3 is 2.27 bits per heavy atom. The first-order valence-corrected chi connectivity index (χ1v) is 4.46. The van der Waals surface area contributed by atoms with Gasteiger partial charge in [0.15, 0.2) is 0 Å². The lowest BCUT2D eigenvalue weighted by Crippen LogP contribution is -2.12. The summed E-state index contributed by atoms with van der Waals surface area (Å²) < 4.78 is 0. The van der Waals surface area contributed by atoms with E-state index in [1.807, 2.05) is 13.8 Å². The lowest BCUT2D eigenvalue weighted by Gasteiger charge is -2.25. The van der Waals surface area contributed by atoms with Crippen LogP contribution in [-0.4, -0.2) is 0 Å². The Labute approximate surface area is 69.3 Å². The fraction of sp³-hybridized carbons (Fsp3) is 0.455. The van der Waals surface area contributed by atoms with Gasteiger partial charge in [-0.15, -0.1) is 0 Å². The second-order valence-electron chi connectivity index (χ2n) is 2.80.